The number of halogens is 1. The van der Waals surface area contributed by atoms with Crippen molar-refractivity contribution in [2.45, 2.75) is 45.7 Å². The van der Waals surface area contributed by atoms with Crippen LogP contribution in [0.5, 0.6) is 0 Å². The van der Waals surface area contributed by atoms with Gasteiger partial charge >= 0.3 is 0 Å². The maximum Gasteiger partial charge on any atom is 0.225 e. The Labute approximate surface area is 161 Å². The van der Waals surface area contributed by atoms with Gasteiger partial charge in [0.05, 0.1) is 6.20 Å². The number of nitrogens with zero attached hydrogens (tertiary/aromatic N) is 3. The van der Waals surface area contributed by atoms with E-state index in [1.165, 1.54) is 17.3 Å². The fraction of sp³-hybridized carbons (Fsp3) is 0.524. The Kier molecular flexibility index (Phi) is 6.61. The van der Waals surface area contributed by atoms with E-state index < -0.39 is 5.82 Å². The van der Waals surface area contributed by atoms with Crippen molar-refractivity contribution in [2.24, 2.45) is 5.92 Å². The predicted molar refractivity (Wildman–Crippen MR) is 108 cm³/mol. The van der Waals surface area contributed by atoms with Crippen LogP contribution < -0.4 is 10.6 Å². The van der Waals surface area contributed by atoms with Crippen LogP contribution in [-0.2, 0) is 13.0 Å². The van der Waals surface area contributed by atoms with Crippen molar-refractivity contribution >= 4 is 11.8 Å². The molecule has 2 N–H and O–H groups in total. The minimum Gasteiger partial charge on any atom is -0.371 e. The Morgan fingerprint density at radius 2 is 1.96 bits per heavy atom. The lowest BCUT2D eigenvalue weighted by atomic mass is 10.0. The van der Waals surface area contributed by atoms with Gasteiger partial charge in [0.1, 0.15) is 0 Å². The lowest BCUT2D eigenvalue weighted by Crippen LogP contribution is -2.41. The Morgan fingerprint density at radius 3 is 2.67 bits per heavy atom. The second-order valence-electron chi connectivity index (χ2n) is 7.77. The number of hydrogen-bond donors (Lipinski definition) is 2. The normalized spacial score (nSPS) is 17.9. The van der Waals surface area contributed by atoms with Crippen LogP contribution >= 0.6 is 0 Å². The van der Waals surface area contributed by atoms with E-state index in [-0.39, 0.29) is 11.9 Å². The third-order valence-electron chi connectivity index (χ3n) is 4.89. The number of anilines is 2. The molecule has 0 aliphatic carbocycles. The first-order valence-electron chi connectivity index (χ1n) is 9.80. The fourth-order valence-electron chi connectivity index (χ4n) is 3.62. The van der Waals surface area contributed by atoms with Crippen LogP contribution in [0.3, 0.4) is 0 Å². The zero-order chi connectivity index (χ0) is 19.2. The van der Waals surface area contributed by atoms with E-state index in [0.29, 0.717) is 11.9 Å². The van der Waals surface area contributed by atoms with Crippen molar-refractivity contribution in [3.8, 4) is 0 Å². The van der Waals surface area contributed by atoms with Crippen LogP contribution in [0.4, 0.5) is 16.2 Å². The molecule has 6 heteroatoms. The van der Waals surface area contributed by atoms with Gasteiger partial charge in [0, 0.05) is 26.2 Å². The van der Waals surface area contributed by atoms with Crippen LogP contribution in [0.1, 0.15) is 37.8 Å². The minimum absolute atomic E-state index is 0.224. The summed E-state index contributed by atoms with van der Waals surface area (Å²) in [5, 5.41) is 6.11. The second kappa shape index (κ2) is 9.13. The van der Waals surface area contributed by atoms with Crippen molar-refractivity contribution < 1.29 is 4.39 Å². The predicted octanol–water partition coefficient (Wildman–Crippen LogP) is 3.93. The molecule has 0 bridgehead atoms. The molecule has 0 spiro atoms. The molecular formula is C21H30FN5. The summed E-state index contributed by atoms with van der Waals surface area (Å²) >= 11 is 0. The highest BCUT2D eigenvalue weighted by molar-refractivity contribution is 5.40. The molecule has 27 heavy (non-hydrogen) atoms. The van der Waals surface area contributed by atoms with Crippen LogP contribution in [0, 0.1) is 11.7 Å². The highest BCUT2D eigenvalue weighted by Crippen LogP contribution is 2.18. The number of hydrogen-bond acceptors (Lipinski definition) is 5. The average Bonchev–Trinajstić information content (AvgIpc) is 2.65. The van der Waals surface area contributed by atoms with Crippen molar-refractivity contribution in [3.05, 3.63) is 47.4 Å². The maximum absolute atomic E-state index is 13.5. The zero-order valence-electron chi connectivity index (χ0n) is 16.5. The lowest BCUT2D eigenvalue weighted by Gasteiger charge is -2.33. The van der Waals surface area contributed by atoms with Gasteiger partial charge in [0.25, 0.3) is 0 Å². The molecule has 0 radical (unpaired) electrons. The first-order chi connectivity index (χ1) is 13.0. The third kappa shape index (κ3) is 5.63. The number of nitrogens with one attached hydrogen (secondary N) is 2. The molecule has 0 amide bonds. The van der Waals surface area contributed by atoms with Gasteiger partial charge in [-0.15, -0.1) is 0 Å². The minimum atomic E-state index is -0.436. The van der Waals surface area contributed by atoms with Crippen molar-refractivity contribution in [2.75, 3.05) is 30.8 Å². The topological polar surface area (TPSA) is 53.1 Å². The second-order valence-corrected chi connectivity index (χ2v) is 7.77. The van der Waals surface area contributed by atoms with Gasteiger partial charge < -0.3 is 10.6 Å². The number of rotatable bonds is 7. The molecule has 1 aliphatic rings. The molecule has 1 atom stereocenters. The summed E-state index contributed by atoms with van der Waals surface area (Å²) in [6, 6.07) is 9.27. The molecule has 5 nitrogen and oxygen atoms in total. The van der Waals surface area contributed by atoms with Crippen LogP contribution in [-0.4, -0.2) is 41.0 Å². The molecule has 1 saturated heterocycles. The molecule has 2 aromatic rings. The molecular weight excluding hydrogens is 341 g/mol. The first-order valence-corrected chi connectivity index (χ1v) is 9.80. The van der Waals surface area contributed by atoms with Crippen molar-refractivity contribution in [3.63, 3.8) is 0 Å². The van der Waals surface area contributed by atoms with E-state index in [0.717, 1.165) is 38.9 Å². The number of piperidine rings is 1. The van der Waals surface area contributed by atoms with Gasteiger partial charge in [0.2, 0.25) is 5.95 Å². The Balaban J connectivity index is 1.56. The van der Waals surface area contributed by atoms with E-state index in [1.54, 1.807) is 7.05 Å². The third-order valence-corrected chi connectivity index (χ3v) is 4.89. The van der Waals surface area contributed by atoms with E-state index in [1.807, 2.05) is 0 Å². The summed E-state index contributed by atoms with van der Waals surface area (Å²) < 4.78 is 13.5. The van der Waals surface area contributed by atoms with Gasteiger partial charge in [-0.25, -0.2) is 9.37 Å². The van der Waals surface area contributed by atoms with Gasteiger partial charge in [-0.2, -0.15) is 4.98 Å². The fourth-order valence-corrected chi connectivity index (χ4v) is 3.62. The van der Waals surface area contributed by atoms with Crippen molar-refractivity contribution in [1.29, 1.82) is 0 Å². The molecule has 0 saturated carbocycles. The molecule has 1 aromatic heterocycles. The SMILES string of the molecule is CNc1nc(N[C@H]2CCCN(Cc3ccc(CC(C)C)cc3)C2)ncc1F. The number of aromatic nitrogens is 2. The molecule has 2 heterocycles. The van der Waals surface area contributed by atoms with E-state index in [2.05, 4.69) is 63.6 Å². The average molecular weight is 372 g/mol. The monoisotopic (exact) mass is 371 g/mol. The van der Waals surface area contributed by atoms with Crippen LogP contribution in [0.25, 0.3) is 0 Å². The van der Waals surface area contributed by atoms with Crippen molar-refractivity contribution in [1.82, 2.24) is 14.9 Å². The summed E-state index contributed by atoms with van der Waals surface area (Å²) in [4.78, 5) is 10.7. The standard InChI is InChI=1S/C21H30FN5/c1-15(2)11-16-6-8-17(9-7-16)13-27-10-4-5-18(14-27)25-21-24-12-19(22)20(23-3)26-21/h6-9,12,15,18H,4-5,10-11,13-14H2,1-3H3,(H2,23,24,25,26)/t18-/m0/s1. The van der Waals surface area contributed by atoms with Gasteiger partial charge in [-0.05, 0) is 42.9 Å². The lowest BCUT2D eigenvalue weighted by molar-refractivity contribution is 0.208. The molecule has 1 fully saturated rings. The van der Waals surface area contributed by atoms with E-state index in [4.69, 9.17) is 0 Å². The summed E-state index contributed by atoms with van der Waals surface area (Å²) in [6.45, 7) is 7.48. The molecule has 146 valence electrons. The zero-order valence-corrected chi connectivity index (χ0v) is 16.5. The summed E-state index contributed by atoms with van der Waals surface area (Å²) in [6.07, 6.45) is 4.53. The first kappa shape index (κ1) is 19.5. The Morgan fingerprint density at radius 1 is 1.22 bits per heavy atom. The highest BCUT2D eigenvalue weighted by atomic mass is 19.1. The molecule has 1 aliphatic heterocycles. The van der Waals surface area contributed by atoms with E-state index >= 15 is 0 Å². The van der Waals surface area contributed by atoms with Gasteiger partial charge in [0.15, 0.2) is 11.6 Å². The van der Waals surface area contributed by atoms with Crippen LogP contribution in [0.15, 0.2) is 30.5 Å². The maximum atomic E-state index is 13.5. The number of benzene rings is 1. The molecule has 0 unspecified atom stereocenters. The van der Waals surface area contributed by atoms with Crippen LogP contribution in [0.2, 0.25) is 0 Å². The summed E-state index contributed by atoms with van der Waals surface area (Å²) in [7, 11) is 1.66. The smallest absolute Gasteiger partial charge is 0.225 e. The van der Waals surface area contributed by atoms with Gasteiger partial charge in [-0.3, -0.25) is 4.90 Å². The van der Waals surface area contributed by atoms with Gasteiger partial charge in [-0.1, -0.05) is 38.1 Å². The van der Waals surface area contributed by atoms with E-state index in [9.17, 15) is 4.39 Å². The molecule has 3 rings (SSSR count). The Bertz CT molecular complexity index is 732. The number of likely N-dealkylation sites (tertiary alicyclic amines) is 1. The highest BCUT2D eigenvalue weighted by Gasteiger charge is 2.21. The molecule has 1 aromatic carbocycles. The summed E-state index contributed by atoms with van der Waals surface area (Å²) in [5.74, 6) is 0.948. The quantitative estimate of drug-likeness (QED) is 0.772. The summed E-state index contributed by atoms with van der Waals surface area (Å²) in [5.41, 5.74) is 2.75. The Hall–Kier alpha value is -2.21. The largest absolute Gasteiger partial charge is 0.371 e.